The second kappa shape index (κ2) is 5.85. The van der Waals surface area contributed by atoms with Crippen LogP contribution in [0.15, 0.2) is 61.2 Å². The van der Waals surface area contributed by atoms with Crippen LogP contribution in [-0.4, -0.2) is 21.8 Å². The summed E-state index contributed by atoms with van der Waals surface area (Å²) in [4.78, 5) is 3.78. The van der Waals surface area contributed by atoms with Crippen LogP contribution in [0, 0.1) is 5.82 Å². The molecule has 4 nitrogen and oxygen atoms in total. The summed E-state index contributed by atoms with van der Waals surface area (Å²) in [5, 5.41) is 7.47. The lowest BCUT2D eigenvalue weighted by Gasteiger charge is -2.15. The fraction of sp³-hybridized carbons (Fsp3) is 0.125. The summed E-state index contributed by atoms with van der Waals surface area (Å²) in [5.41, 5.74) is 2.42. The van der Waals surface area contributed by atoms with E-state index in [1.54, 1.807) is 30.2 Å². The largest absolute Gasteiger partial charge is 0.309 e. The summed E-state index contributed by atoms with van der Waals surface area (Å²) >= 11 is 0. The number of nitrogens with zero attached hydrogens (tertiary/aromatic N) is 3. The van der Waals surface area contributed by atoms with Crippen molar-refractivity contribution in [3.05, 3.63) is 78.1 Å². The van der Waals surface area contributed by atoms with Crippen LogP contribution in [-0.2, 0) is 0 Å². The molecule has 106 valence electrons. The first kappa shape index (κ1) is 13.5. The number of halogens is 1. The van der Waals surface area contributed by atoms with Crippen LogP contribution < -0.4 is 5.32 Å². The lowest BCUT2D eigenvalue weighted by molar-refractivity contribution is 0.570. The number of hydrogen-bond donors (Lipinski definition) is 1. The van der Waals surface area contributed by atoms with E-state index in [1.807, 2.05) is 36.5 Å². The Balaban J connectivity index is 1.96. The van der Waals surface area contributed by atoms with E-state index in [2.05, 4.69) is 15.4 Å². The van der Waals surface area contributed by atoms with Crippen LogP contribution in [0.25, 0.3) is 5.69 Å². The Morgan fingerprint density at radius 2 is 1.95 bits per heavy atom. The molecule has 0 aliphatic heterocycles. The number of rotatable bonds is 4. The van der Waals surface area contributed by atoms with Gasteiger partial charge in [-0.05, 0) is 25.2 Å². The molecule has 1 N–H and O–H groups in total. The molecule has 0 radical (unpaired) electrons. The number of para-hydroxylation sites is 1. The lowest BCUT2D eigenvalue weighted by atomic mass is 10.0. The third kappa shape index (κ3) is 2.68. The number of nitrogens with one attached hydrogen (secondary N) is 1. The van der Waals surface area contributed by atoms with Gasteiger partial charge in [0.2, 0.25) is 0 Å². The molecular weight excluding hydrogens is 267 g/mol. The van der Waals surface area contributed by atoms with Crippen LogP contribution in [0.5, 0.6) is 0 Å². The summed E-state index contributed by atoms with van der Waals surface area (Å²) in [6.45, 7) is 0. The molecule has 1 atom stereocenters. The summed E-state index contributed by atoms with van der Waals surface area (Å²) < 4.78 is 15.7. The van der Waals surface area contributed by atoms with Crippen molar-refractivity contribution in [1.29, 1.82) is 0 Å². The van der Waals surface area contributed by atoms with E-state index in [0.717, 1.165) is 11.3 Å². The monoisotopic (exact) mass is 282 g/mol. The van der Waals surface area contributed by atoms with Crippen LogP contribution in [0.2, 0.25) is 0 Å². The Morgan fingerprint density at radius 3 is 2.67 bits per heavy atom. The molecule has 0 bridgehead atoms. The molecule has 1 unspecified atom stereocenters. The highest BCUT2D eigenvalue weighted by Gasteiger charge is 2.17. The maximum atomic E-state index is 13.9. The van der Waals surface area contributed by atoms with E-state index in [9.17, 15) is 4.39 Å². The number of aromatic nitrogens is 3. The molecule has 2 aromatic heterocycles. The Kier molecular flexibility index (Phi) is 3.75. The number of hydrogen-bond acceptors (Lipinski definition) is 3. The van der Waals surface area contributed by atoms with Gasteiger partial charge < -0.3 is 5.32 Å². The molecule has 2 heterocycles. The van der Waals surface area contributed by atoms with E-state index >= 15 is 0 Å². The standard InChI is InChI=1S/C16H15FN4/c1-18-16(14-7-8-19-10-15(14)17)12-9-20-21(11-12)13-5-3-2-4-6-13/h2-11,16,18H,1H3. The molecule has 1 aromatic carbocycles. The van der Waals surface area contributed by atoms with Crippen molar-refractivity contribution in [3.8, 4) is 5.69 Å². The van der Waals surface area contributed by atoms with Gasteiger partial charge in [-0.3, -0.25) is 4.98 Å². The van der Waals surface area contributed by atoms with Crippen LogP contribution >= 0.6 is 0 Å². The zero-order valence-corrected chi connectivity index (χ0v) is 11.6. The number of pyridine rings is 1. The molecule has 3 rings (SSSR count). The molecule has 0 saturated carbocycles. The smallest absolute Gasteiger partial charge is 0.146 e. The molecule has 0 aliphatic rings. The third-order valence-corrected chi connectivity index (χ3v) is 3.36. The summed E-state index contributed by atoms with van der Waals surface area (Å²) in [7, 11) is 1.80. The van der Waals surface area contributed by atoms with Gasteiger partial charge in [-0.1, -0.05) is 18.2 Å². The predicted octanol–water partition coefficient (Wildman–Crippen LogP) is 2.72. The highest BCUT2D eigenvalue weighted by atomic mass is 19.1. The first-order valence-electron chi connectivity index (χ1n) is 6.66. The normalized spacial score (nSPS) is 12.3. The molecule has 0 aliphatic carbocycles. The molecule has 0 saturated heterocycles. The fourth-order valence-electron chi connectivity index (χ4n) is 2.33. The van der Waals surface area contributed by atoms with Crippen molar-refractivity contribution >= 4 is 0 Å². The topological polar surface area (TPSA) is 42.7 Å². The first-order chi connectivity index (χ1) is 10.3. The molecule has 0 amide bonds. The third-order valence-electron chi connectivity index (χ3n) is 3.36. The SMILES string of the molecule is CNC(c1cnn(-c2ccccc2)c1)c1ccncc1F. The zero-order valence-electron chi connectivity index (χ0n) is 11.6. The maximum Gasteiger partial charge on any atom is 0.146 e. The summed E-state index contributed by atoms with van der Waals surface area (Å²) in [6, 6.07) is 11.2. The average Bonchev–Trinajstić information content (AvgIpc) is 3.00. The Labute approximate surface area is 122 Å². The van der Waals surface area contributed by atoms with Gasteiger partial charge >= 0.3 is 0 Å². The molecule has 0 fully saturated rings. The van der Waals surface area contributed by atoms with Gasteiger partial charge in [-0.25, -0.2) is 9.07 Å². The summed E-state index contributed by atoms with van der Waals surface area (Å²) in [5.74, 6) is -0.329. The minimum Gasteiger partial charge on any atom is -0.309 e. The van der Waals surface area contributed by atoms with Gasteiger partial charge in [0.25, 0.3) is 0 Å². The molecular formula is C16H15FN4. The van der Waals surface area contributed by atoms with Gasteiger partial charge in [-0.15, -0.1) is 0 Å². The van der Waals surface area contributed by atoms with E-state index in [-0.39, 0.29) is 11.9 Å². The number of benzene rings is 1. The quantitative estimate of drug-likeness (QED) is 0.800. The minimum atomic E-state index is -0.329. The van der Waals surface area contributed by atoms with Gasteiger partial charge in [0.1, 0.15) is 5.82 Å². The van der Waals surface area contributed by atoms with Crippen molar-refractivity contribution in [1.82, 2.24) is 20.1 Å². The minimum absolute atomic E-state index is 0.259. The van der Waals surface area contributed by atoms with Crippen molar-refractivity contribution in [2.75, 3.05) is 7.05 Å². The van der Waals surface area contributed by atoms with Crippen molar-refractivity contribution in [2.45, 2.75) is 6.04 Å². The molecule has 0 spiro atoms. The van der Waals surface area contributed by atoms with Gasteiger partial charge in [-0.2, -0.15) is 5.10 Å². The zero-order chi connectivity index (χ0) is 14.7. The van der Waals surface area contributed by atoms with Crippen LogP contribution in [0.1, 0.15) is 17.2 Å². The van der Waals surface area contributed by atoms with E-state index < -0.39 is 0 Å². The van der Waals surface area contributed by atoms with Gasteiger partial charge in [0, 0.05) is 23.5 Å². The lowest BCUT2D eigenvalue weighted by Crippen LogP contribution is -2.18. The first-order valence-corrected chi connectivity index (χ1v) is 6.66. The Morgan fingerprint density at radius 1 is 1.14 bits per heavy atom. The highest BCUT2D eigenvalue weighted by Crippen LogP contribution is 2.23. The van der Waals surface area contributed by atoms with Crippen molar-refractivity contribution < 1.29 is 4.39 Å². The van der Waals surface area contributed by atoms with Gasteiger partial charge in [0.15, 0.2) is 0 Å². The summed E-state index contributed by atoms with van der Waals surface area (Å²) in [6.07, 6.45) is 6.45. The molecule has 21 heavy (non-hydrogen) atoms. The van der Waals surface area contributed by atoms with E-state index in [0.29, 0.717) is 5.56 Å². The Hall–Kier alpha value is -2.53. The fourth-order valence-corrected chi connectivity index (χ4v) is 2.33. The van der Waals surface area contributed by atoms with Crippen LogP contribution in [0.3, 0.4) is 0 Å². The second-order valence-electron chi connectivity index (χ2n) is 4.67. The van der Waals surface area contributed by atoms with Crippen molar-refractivity contribution in [3.63, 3.8) is 0 Å². The average molecular weight is 282 g/mol. The predicted molar refractivity (Wildman–Crippen MR) is 78.7 cm³/mol. The van der Waals surface area contributed by atoms with Crippen LogP contribution in [0.4, 0.5) is 4.39 Å². The second-order valence-corrected chi connectivity index (χ2v) is 4.67. The highest BCUT2D eigenvalue weighted by molar-refractivity contribution is 5.34. The van der Waals surface area contributed by atoms with E-state index in [4.69, 9.17) is 0 Å². The Bertz CT molecular complexity index is 724. The molecule has 5 heteroatoms. The molecule has 3 aromatic rings. The van der Waals surface area contributed by atoms with Crippen molar-refractivity contribution in [2.24, 2.45) is 0 Å². The maximum absolute atomic E-state index is 13.9. The van der Waals surface area contributed by atoms with E-state index in [1.165, 1.54) is 6.20 Å². The van der Waals surface area contributed by atoms with Gasteiger partial charge in [0.05, 0.1) is 24.1 Å².